The van der Waals surface area contributed by atoms with E-state index in [2.05, 4.69) is 10.1 Å². The molecule has 1 aliphatic rings. The quantitative estimate of drug-likeness (QED) is 0.801. The minimum atomic E-state index is -0.549. The number of ether oxygens (including phenoxy) is 1. The second kappa shape index (κ2) is 8.65. The fourth-order valence-electron chi connectivity index (χ4n) is 3.13. The van der Waals surface area contributed by atoms with Gasteiger partial charge in [-0.2, -0.15) is 0 Å². The lowest BCUT2D eigenvalue weighted by Crippen LogP contribution is -2.46. The van der Waals surface area contributed by atoms with Crippen LogP contribution in [0.2, 0.25) is 0 Å². The third-order valence-corrected chi connectivity index (χ3v) is 4.63. The van der Waals surface area contributed by atoms with E-state index in [4.69, 9.17) is 0 Å². The maximum absolute atomic E-state index is 12.5. The van der Waals surface area contributed by atoms with Crippen LogP contribution < -0.4 is 5.32 Å². The maximum Gasteiger partial charge on any atom is 0.337 e. The van der Waals surface area contributed by atoms with E-state index in [9.17, 15) is 14.4 Å². The predicted octanol–water partition coefficient (Wildman–Crippen LogP) is 2.13. The Morgan fingerprint density at radius 2 is 1.80 bits per heavy atom. The maximum atomic E-state index is 12.5. The molecule has 0 aliphatic heterocycles. The molecule has 1 saturated carbocycles. The van der Waals surface area contributed by atoms with Gasteiger partial charge < -0.3 is 15.0 Å². The molecule has 136 valence electrons. The number of hydrogen-bond acceptors (Lipinski definition) is 4. The molecule has 0 saturated heterocycles. The van der Waals surface area contributed by atoms with Gasteiger partial charge in [-0.25, -0.2) is 4.79 Å². The summed E-state index contributed by atoms with van der Waals surface area (Å²) >= 11 is 0. The number of likely N-dealkylation sites (N-methyl/N-ethyl adjacent to an activating group) is 1. The fraction of sp³-hybridized carbons (Fsp3) is 0.526. The van der Waals surface area contributed by atoms with Crippen LogP contribution in [0, 0.1) is 5.92 Å². The average molecular weight is 346 g/mol. The number of methoxy groups -OCH3 is 1. The molecule has 0 spiro atoms. The van der Waals surface area contributed by atoms with Crippen LogP contribution in [0.5, 0.6) is 0 Å². The molecule has 1 fully saturated rings. The van der Waals surface area contributed by atoms with E-state index in [0.29, 0.717) is 12.1 Å². The summed E-state index contributed by atoms with van der Waals surface area (Å²) in [6.45, 7) is 2.12. The number of benzene rings is 1. The first-order chi connectivity index (χ1) is 11.9. The Morgan fingerprint density at radius 1 is 1.20 bits per heavy atom. The Kier molecular flexibility index (Phi) is 6.56. The number of hydrogen-bond donors (Lipinski definition) is 1. The minimum absolute atomic E-state index is 0.0193. The van der Waals surface area contributed by atoms with Crippen LogP contribution in [0.1, 0.15) is 48.5 Å². The van der Waals surface area contributed by atoms with E-state index >= 15 is 0 Å². The summed E-state index contributed by atoms with van der Waals surface area (Å²) in [5.41, 5.74) is 1.37. The van der Waals surface area contributed by atoms with Crippen molar-refractivity contribution in [2.24, 2.45) is 5.92 Å². The molecule has 1 atom stereocenters. The van der Waals surface area contributed by atoms with Gasteiger partial charge >= 0.3 is 5.97 Å². The van der Waals surface area contributed by atoms with Crippen molar-refractivity contribution in [3.8, 4) is 0 Å². The van der Waals surface area contributed by atoms with Gasteiger partial charge in [-0.3, -0.25) is 9.59 Å². The highest BCUT2D eigenvalue weighted by atomic mass is 16.5. The molecule has 6 nitrogen and oxygen atoms in total. The summed E-state index contributed by atoms with van der Waals surface area (Å²) in [5, 5.41) is 2.83. The Hall–Kier alpha value is -2.37. The number of esters is 1. The summed E-state index contributed by atoms with van der Waals surface area (Å²) in [6.07, 6.45) is 3.99. The Morgan fingerprint density at radius 3 is 2.36 bits per heavy atom. The van der Waals surface area contributed by atoms with Crippen LogP contribution in [0.15, 0.2) is 24.3 Å². The van der Waals surface area contributed by atoms with Crippen molar-refractivity contribution < 1.29 is 19.1 Å². The largest absolute Gasteiger partial charge is 0.465 e. The fourth-order valence-corrected chi connectivity index (χ4v) is 3.13. The van der Waals surface area contributed by atoms with E-state index in [1.54, 1.807) is 43.1 Å². The lowest BCUT2D eigenvalue weighted by molar-refractivity contribution is -0.136. The smallest absolute Gasteiger partial charge is 0.337 e. The molecule has 0 heterocycles. The topological polar surface area (TPSA) is 75.7 Å². The number of rotatable bonds is 6. The highest BCUT2D eigenvalue weighted by Gasteiger charge is 2.26. The zero-order valence-corrected chi connectivity index (χ0v) is 15.1. The van der Waals surface area contributed by atoms with Gasteiger partial charge in [0.25, 0.3) is 0 Å². The SMILES string of the molecule is COC(=O)c1ccc(CN(C)C(=O)[C@H](C)NC(=O)C2CCCC2)cc1. The van der Waals surface area contributed by atoms with Gasteiger partial charge in [0.1, 0.15) is 6.04 Å². The van der Waals surface area contributed by atoms with Crippen LogP contribution in [0.4, 0.5) is 0 Å². The molecule has 25 heavy (non-hydrogen) atoms. The van der Waals surface area contributed by atoms with Crippen molar-refractivity contribution in [1.29, 1.82) is 0 Å². The van der Waals surface area contributed by atoms with Crippen LogP contribution in [0.25, 0.3) is 0 Å². The molecule has 0 radical (unpaired) electrons. The first-order valence-electron chi connectivity index (χ1n) is 8.65. The van der Waals surface area contributed by atoms with Crippen molar-refractivity contribution >= 4 is 17.8 Å². The van der Waals surface area contributed by atoms with Crippen molar-refractivity contribution in [2.45, 2.75) is 45.2 Å². The third-order valence-electron chi connectivity index (χ3n) is 4.63. The van der Waals surface area contributed by atoms with Crippen molar-refractivity contribution in [1.82, 2.24) is 10.2 Å². The molecule has 1 aliphatic carbocycles. The number of nitrogens with zero attached hydrogens (tertiary/aromatic N) is 1. The van der Waals surface area contributed by atoms with E-state index < -0.39 is 6.04 Å². The number of carbonyl (C=O) groups is 3. The second-order valence-electron chi connectivity index (χ2n) is 6.59. The van der Waals surface area contributed by atoms with Crippen molar-refractivity contribution in [3.05, 3.63) is 35.4 Å². The second-order valence-corrected chi connectivity index (χ2v) is 6.59. The lowest BCUT2D eigenvalue weighted by Gasteiger charge is -2.23. The monoisotopic (exact) mass is 346 g/mol. The van der Waals surface area contributed by atoms with Crippen LogP contribution in [-0.2, 0) is 20.9 Å². The standard InChI is InChI=1S/C19H26N2O4/c1-13(20-17(22)15-6-4-5-7-15)18(23)21(2)12-14-8-10-16(11-9-14)19(24)25-3/h8-11,13,15H,4-7,12H2,1-3H3,(H,20,22)/t13-/m0/s1. The van der Waals surface area contributed by atoms with Crippen LogP contribution in [0.3, 0.4) is 0 Å². The lowest BCUT2D eigenvalue weighted by atomic mass is 10.1. The molecule has 6 heteroatoms. The Balaban J connectivity index is 1.88. The highest BCUT2D eigenvalue weighted by Crippen LogP contribution is 2.24. The molecule has 1 aromatic carbocycles. The first-order valence-corrected chi connectivity index (χ1v) is 8.65. The minimum Gasteiger partial charge on any atom is -0.465 e. The van der Waals surface area contributed by atoms with E-state index in [1.165, 1.54) is 7.11 Å². The molecular formula is C19H26N2O4. The molecule has 1 aromatic rings. The summed E-state index contributed by atoms with van der Waals surface area (Å²) in [4.78, 5) is 37.6. The van der Waals surface area contributed by atoms with Gasteiger partial charge in [0.15, 0.2) is 0 Å². The van der Waals surface area contributed by atoms with Crippen LogP contribution in [-0.4, -0.2) is 42.9 Å². The molecule has 2 rings (SSSR count). The highest BCUT2D eigenvalue weighted by molar-refractivity contribution is 5.89. The van der Waals surface area contributed by atoms with Gasteiger partial charge in [0.2, 0.25) is 11.8 Å². The Labute approximate surface area is 148 Å². The van der Waals surface area contributed by atoms with Crippen LogP contribution >= 0.6 is 0 Å². The third kappa shape index (κ3) is 5.05. The Bertz CT molecular complexity index is 621. The number of carbonyl (C=O) groups excluding carboxylic acids is 3. The summed E-state index contributed by atoms with van der Waals surface area (Å²) in [5.74, 6) is -0.497. The van der Waals surface area contributed by atoms with E-state index in [0.717, 1.165) is 31.2 Å². The summed E-state index contributed by atoms with van der Waals surface area (Å²) < 4.78 is 4.66. The zero-order valence-electron chi connectivity index (χ0n) is 15.1. The van der Waals surface area contributed by atoms with E-state index in [1.807, 2.05) is 0 Å². The average Bonchev–Trinajstić information content (AvgIpc) is 3.15. The molecule has 0 unspecified atom stereocenters. The van der Waals surface area contributed by atoms with Gasteiger partial charge in [0, 0.05) is 19.5 Å². The zero-order chi connectivity index (χ0) is 18.4. The van der Waals surface area contributed by atoms with Gasteiger partial charge in [-0.15, -0.1) is 0 Å². The molecular weight excluding hydrogens is 320 g/mol. The molecule has 1 N–H and O–H groups in total. The first kappa shape index (κ1) is 19.0. The molecule has 0 aromatic heterocycles. The molecule has 0 bridgehead atoms. The van der Waals surface area contributed by atoms with Gasteiger partial charge in [-0.1, -0.05) is 25.0 Å². The van der Waals surface area contributed by atoms with Crippen molar-refractivity contribution in [3.63, 3.8) is 0 Å². The normalized spacial score (nSPS) is 15.5. The number of amides is 2. The van der Waals surface area contributed by atoms with E-state index in [-0.39, 0.29) is 23.7 Å². The summed E-state index contributed by atoms with van der Waals surface area (Å²) in [7, 11) is 3.04. The summed E-state index contributed by atoms with van der Waals surface area (Å²) in [6, 6.07) is 6.37. The van der Waals surface area contributed by atoms with Crippen molar-refractivity contribution in [2.75, 3.05) is 14.2 Å². The van der Waals surface area contributed by atoms with Gasteiger partial charge in [0.05, 0.1) is 12.7 Å². The van der Waals surface area contributed by atoms with Gasteiger partial charge in [-0.05, 0) is 37.5 Å². The predicted molar refractivity (Wildman–Crippen MR) is 93.8 cm³/mol. The molecule has 2 amide bonds. The number of nitrogens with one attached hydrogen (secondary N) is 1.